The third kappa shape index (κ3) is 3.80. The Morgan fingerprint density at radius 2 is 1.65 bits per heavy atom. The molecule has 0 aliphatic rings. The minimum Gasteiger partial charge on any atom is -0.478 e. The Morgan fingerprint density at radius 3 is 2.13 bits per heavy atom. The van der Waals surface area contributed by atoms with Crippen LogP contribution in [0.1, 0.15) is 71.6 Å². The number of carboxylic acid groups (broad SMARTS) is 1. The number of carbonyl (C=O) groups excluding carboxylic acids is 1. The molecule has 0 radical (unpaired) electrons. The minimum absolute atomic E-state index is 0.188. The molecular formula is C18H22N2O3. The van der Waals surface area contributed by atoms with Crippen molar-refractivity contribution in [1.82, 2.24) is 4.98 Å². The average Bonchev–Trinajstić information content (AvgIpc) is 2.93. The number of anilines is 1. The molecule has 1 aromatic carbocycles. The molecule has 0 aliphatic heterocycles. The number of hydrogen-bond donors (Lipinski definition) is 3. The van der Waals surface area contributed by atoms with Crippen molar-refractivity contribution in [3.8, 4) is 0 Å². The van der Waals surface area contributed by atoms with Gasteiger partial charge in [0.05, 0.1) is 5.56 Å². The lowest BCUT2D eigenvalue weighted by Gasteiger charge is -2.08. The molecule has 3 N–H and O–H groups in total. The Balaban J connectivity index is 2.24. The summed E-state index contributed by atoms with van der Waals surface area (Å²) in [6.45, 7) is 8.24. The summed E-state index contributed by atoms with van der Waals surface area (Å²) in [4.78, 5) is 26.6. The number of aromatic amines is 1. The van der Waals surface area contributed by atoms with Crippen molar-refractivity contribution in [1.29, 1.82) is 0 Å². The highest BCUT2D eigenvalue weighted by Crippen LogP contribution is 2.25. The topological polar surface area (TPSA) is 82.2 Å². The molecule has 0 saturated carbocycles. The Morgan fingerprint density at radius 1 is 1.04 bits per heavy atom. The van der Waals surface area contributed by atoms with Crippen molar-refractivity contribution >= 4 is 17.6 Å². The van der Waals surface area contributed by atoms with Gasteiger partial charge in [-0.05, 0) is 47.7 Å². The fourth-order valence-corrected chi connectivity index (χ4v) is 2.34. The first-order valence-corrected chi connectivity index (χ1v) is 7.67. The maximum Gasteiger partial charge on any atom is 0.335 e. The molecule has 0 saturated heterocycles. The van der Waals surface area contributed by atoms with E-state index in [1.165, 1.54) is 12.1 Å². The van der Waals surface area contributed by atoms with E-state index in [1.54, 1.807) is 12.1 Å². The van der Waals surface area contributed by atoms with E-state index in [0.717, 1.165) is 11.3 Å². The average molecular weight is 314 g/mol. The molecule has 1 aromatic heterocycles. The first-order valence-electron chi connectivity index (χ1n) is 7.67. The summed E-state index contributed by atoms with van der Waals surface area (Å²) >= 11 is 0. The lowest BCUT2D eigenvalue weighted by atomic mass is 10.0. The van der Waals surface area contributed by atoms with E-state index >= 15 is 0 Å². The number of aromatic carboxylic acids is 1. The van der Waals surface area contributed by atoms with E-state index in [0.29, 0.717) is 17.3 Å². The number of carboxylic acids is 1. The second kappa shape index (κ2) is 6.69. The van der Waals surface area contributed by atoms with Crippen LogP contribution in [0.2, 0.25) is 0 Å². The third-order valence-corrected chi connectivity index (χ3v) is 3.73. The molecule has 23 heavy (non-hydrogen) atoms. The zero-order valence-electron chi connectivity index (χ0n) is 13.8. The van der Waals surface area contributed by atoms with Gasteiger partial charge in [-0.3, -0.25) is 4.79 Å². The number of H-pyrrole nitrogens is 1. The van der Waals surface area contributed by atoms with Crippen molar-refractivity contribution in [2.75, 3.05) is 5.32 Å². The summed E-state index contributed by atoms with van der Waals surface area (Å²) in [5.41, 5.74) is 3.32. The van der Waals surface area contributed by atoms with Gasteiger partial charge in [0.25, 0.3) is 5.91 Å². The first kappa shape index (κ1) is 16.8. The maximum atomic E-state index is 12.5. The molecular weight excluding hydrogens is 292 g/mol. The van der Waals surface area contributed by atoms with Crippen molar-refractivity contribution < 1.29 is 14.7 Å². The third-order valence-electron chi connectivity index (χ3n) is 3.73. The summed E-state index contributed by atoms with van der Waals surface area (Å²) < 4.78 is 0. The van der Waals surface area contributed by atoms with Crippen molar-refractivity contribution in [3.05, 3.63) is 52.8 Å². The molecule has 5 nitrogen and oxygen atoms in total. The number of rotatable bonds is 5. The van der Waals surface area contributed by atoms with Crippen molar-refractivity contribution in [3.63, 3.8) is 0 Å². The molecule has 0 fully saturated rings. The smallest absolute Gasteiger partial charge is 0.335 e. The van der Waals surface area contributed by atoms with Gasteiger partial charge in [0, 0.05) is 11.4 Å². The highest BCUT2D eigenvalue weighted by molar-refractivity contribution is 6.04. The molecule has 2 rings (SSSR count). The zero-order chi connectivity index (χ0) is 17.1. The summed E-state index contributed by atoms with van der Waals surface area (Å²) in [5, 5.41) is 11.7. The van der Waals surface area contributed by atoms with E-state index in [9.17, 15) is 9.59 Å². The number of carbonyl (C=O) groups is 2. The van der Waals surface area contributed by atoms with Gasteiger partial charge in [-0.25, -0.2) is 4.79 Å². The van der Waals surface area contributed by atoms with E-state index in [1.807, 2.05) is 19.9 Å². The van der Waals surface area contributed by atoms with Gasteiger partial charge in [0.2, 0.25) is 0 Å². The zero-order valence-corrected chi connectivity index (χ0v) is 13.8. The Kier molecular flexibility index (Phi) is 4.89. The summed E-state index contributed by atoms with van der Waals surface area (Å²) in [6, 6.07) is 8.15. The maximum absolute atomic E-state index is 12.5. The van der Waals surface area contributed by atoms with Gasteiger partial charge in [-0.2, -0.15) is 0 Å². The van der Waals surface area contributed by atoms with Crippen molar-refractivity contribution in [2.45, 2.75) is 39.5 Å². The van der Waals surface area contributed by atoms with Gasteiger partial charge in [-0.15, -0.1) is 0 Å². The Labute approximate surface area is 135 Å². The number of amides is 1. The minimum atomic E-state index is -0.990. The standard InChI is InChI=1S/C18H22N2O3/c1-10(2)14-9-15(11(3)4)20-16(14)17(21)19-13-7-5-12(6-8-13)18(22)23/h5-11,20H,1-4H3,(H,19,21)(H,22,23). The van der Waals surface area contributed by atoms with Gasteiger partial charge in [0.15, 0.2) is 0 Å². The van der Waals surface area contributed by atoms with Crippen LogP contribution < -0.4 is 5.32 Å². The monoisotopic (exact) mass is 314 g/mol. The fraction of sp³-hybridized carbons (Fsp3) is 0.333. The molecule has 0 aliphatic carbocycles. The molecule has 0 atom stereocenters. The SMILES string of the molecule is CC(C)c1cc(C(C)C)c(C(=O)Nc2ccc(C(=O)O)cc2)[nH]1. The predicted octanol–water partition coefficient (Wildman–Crippen LogP) is 4.21. The van der Waals surface area contributed by atoms with Crippen LogP contribution >= 0.6 is 0 Å². The number of aromatic nitrogens is 1. The lowest BCUT2D eigenvalue weighted by Crippen LogP contribution is -2.15. The highest BCUT2D eigenvalue weighted by Gasteiger charge is 2.19. The Bertz CT molecular complexity index is 712. The van der Waals surface area contributed by atoms with Crippen LogP contribution in [-0.2, 0) is 0 Å². The first-order chi connectivity index (χ1) is 10.8. The van der Waals surface area contributed by atoms with Crippen LogP contribution in [0.3, 0.4) is 0 Å². The summed E-state index contributed by atoms with van der Waals surface area (Å²) in [5.74, 6) is -0.669. The largest absolute Gasteiger partial charge is 0.478 e. The van der Waals surface area contributed by atoms with Gasteiger partial charge >= 0.3 is 5.97 Å². The fourth-order valence-electron chi connectivity index (χ4n) is 2.34. The van der Waals surface area contributed by atoms with E-state index in [2.05, 4.69) is 24.1 Å². The molecule has 1 amide bonds. The highest BCUT2D eigenvalue weighted by atomic mass is 16.4. The second-order valence-electron chi connectivity index (χ2n) is 6.20. The lowest BCUT2D eigenvalue weighted by molar-refractivity contribution is 0.0696. The summed E-state index contributed by atoms with van der Waals surface area (Å²) in [7, 11) is 0. The van der Waals surface area contributed by atoms with Crippen LogP contribution in [0, 0.1) is 0 Å². The van der Waals surface area contributed by atoms with E-state index in [4.69, 9.17) is 5.11 Å². The quantitative estimate of drug-likeness (QED) is 0.773. The molecule has 1 heterocycles. The second-order valence-corrected chi connectivity index (χ2v) is 6.20. The number of hydrogen-bond acceptors (Lipinski definition) is 2. The number of benzene rings is 1. The van der Waals surface area contributed by atoms with E-state index in [-0.39, 0.29) is 17.4 Å². The van der Waals surface area contributed by atoms with Crippen LogP contribution in [0.25, 0.3) is 0 Å². The summed E-state index contributed by atoms with van der Waals surface area (Å²) in [6.07, 6.45) is 0. The van der Waals surface area contributed by atoms with Gasteiger partial charge in [-0.1, -0.05) is 27.7 Å². The Hall–Kier alpha value is -2.56. The molecule has 0 spiro atoms. The molecule has 122 valence electrons. The van der Waals surface area contributed by atoms with Crippen LogP contribution in [0.4, 0.5) is 5.69 Å². The van der Waals surface area contributed by atoms with Crippen LogP contribution in [-0.4, -0.2) is 22.0 Å². The molecule has 5 heteroatoms. The molecule has 0 unspecified atom stereocenters. The molecule has 0 bridgehead atoms. The van der Waals surface area contributed by atoms with Crippen LogP contribution in [0.15, 0.2) is 30.3 Å². The van der Waals surface area contributed by atoms with Crippen molar-refractivity contribution in [2.24, 2.45) is 0 Å². The number of nitrogens with one attached hydrogen (secondary N) is 2. The van der Waals surface area contributed by atoms with E-state index < -0.39 is 5.97 Å². The van der Waals surface area contributed by atoms with Gasteiger partial charge < -0.3 is 15.4 Å². The normalized spacial score (nSPS) is 11.0. The predicted molar refractivity (Wildman–Crippen MR) is 90.3 cm³/mol. The molecule has 2 aromatic rings. The van der Waals surface area contributed by atoms with Gasteiger partial charge in [0.1, 0.15) is 5.69 Å². The van der Waals surface area contributed by atoms with Crippen LogP contribution in [0.5, 0.6) is 0 Å².